The summed E-state index contributed by atoms with van der Waals surface area (Å²) in [6, 6.07) is 5.56. The molecular weight excluding hydrogens is 278 g/mol. The molecule has 3 rings (SSSR count). The third kappa shape index (κ3) is 2.66. The molecule has 2 amide bonds. The first-order chi connectivity index (χ1) is 10.5. The number of anilines is 1. The molecule has 2 fully saturated rings. The van der Waals surface area contributed by atoms with Gasteiger partial charge in [0, 0.05) is 26.2 Å². The van der Waals surface area contributed by atoms with Crippen molar-refractivity contribution < 1.29 is 9.59 Å². The van der Waals surface area contributed by atoms with Crippen molar-refractivity contribution in [1.29, 1.82) is 0 Å². The average molecular weight is 301 g/mol. The number of aryl methyl sites for hydroxylation is 2. The lowest BCUT2D eigenvalue weighted by atomic mass is 10.1. The Balaban J connectivity index is 1.82. The summed E-state index contributed by atoms with van der Waals surface area (Å²) in [7, 11) is 2.08. The molecule has 2 saturated heterocycles. The SMILES string of the molecule is Cc1ccc(N2C(=O)CC(N3CCN(C)CC3)C2=O)c(C)c1. The Kier molecular flexibility index (Phi) is 4.02. The van der Waals surface area contributed by atoms with Crippen molar-refractivity contribution in [3.63, 3.8) is 0 Å². The van der Waals surface area contributed by atoms with Gasteiger partial charge >= 0.3 is 0 Å². The van der Waals surface area contributed by atoms with Crippen molar-refractivity contribution in [3.8, 4) is 0 Å². The minimum Gasteiger partial charge on any atom is -0.304 e. The molecule has 2 aliphatic rings. The van der Waals surface area contributed by atoms with Gasteiger partial charge in [0.25, 0.3) is 5.91 Å². The minimum atomic E-state index is -0.290. The Morgan fingerprint density at radius 1 is 1.05 bits per heavy atom. The lowest BCUT2D eigenvalue weighted by Crippen LogP contribution is -2.51. The summed E-state index contributed by atoms with van der Waals surface area (Å²) in [5.74, 6) is -0.151. The topological polar surface area (TPSA) is 43.9 Å². The lowest BCUT2D eigenvalue weighted by molar-refractivity contribution is -0.123. The first-order valence-corrected chi connectivity index (χ1v) is 7.84. The van der Waals surface area contributed by atoms with Crippen LogP contribution in [0.3, 0.4) is 0 Å². The Bertz CT molecular complexity index is 606. The van der Waals surface area contributed by atoms with Crippen molar-refractivity contribution in [1.82, 2.24) is 9.80 Å². The Morgan fingerprint density at radius 2 is 1.73 bits per heavy atom. The molecule has 0 N–H and O–H groups in total. The van der Waals surface area contributed by atoms with Gasteiger partial charge in [-0.15, -0.1) is 0 Å². The van der Waals surface area contributed by atoms with Crippen LogP contribution in [-0.2, 0) is 9.59 Å². The lowest BCUT2D eigenvalue weighted by Gasteiger charge is -2.35. The Labute approximate surface area is 131 Å². The maximum Gasteiger partial charge on any atom is 0.251 e. The summed E-state index contributed by atoms with van der Waals surface area (Å²) in [5, 5.41) is 0. The number of carbonyl (C=O) groups excluding carboxylic acids is 2. The second kappa shape index (κ2) is 5.82. The van der Waals surface area contributed by atoms with E-state index < -0.39 is 0 Å². The van der Waals surface area contributed by atoms with Gasteiger partial charge in [-0.3, -0.25) is 14.5 Å². The Hall–Kier alpha value is -1.72. The zero-order valence-corrected chi connectivity index (χ0v) is 13.5. The first-order valence-electron chi connectivity index (χ1n) is 7.84. The average Bonchev–Trinajstić information content (AvgIpc) is 2.76. The zero-order valence-electron chi connectivity index (χ0n) is 13.5. The third-order valence-corrected chi connectivity index (χ3v) is 4.69. The quantitative estimate of drug-likeness (QED) is 0.770. The van der Waals surface area contributed by atoms with Crippen LogP contribution in [0.4, 0.5) is 5.69 Å². The van der Waals surface area contributed by atoms with E-state index >= 15 is 0 Å². The van der Waals surface area contributed by atoms with E-state index in [0.29, 0.717) is 6.42 Å². The van der Waals surface area contributed by atoms with Crippen LogP contribution in [0.25, 0.3) is 0 Å². The van der Waals surface area contributed by atoms with E-state index in [4.69, 9.17) is 0 Å². The molecule has 22 heavy (non-hydrogen) atoms. The molecule has 1 atom stereocenters. The molecule has 2 aliphatic heterocycles. The summed E-state index contributed by atoms with van der Waals surface area (Å²) in [5.41, 5.74) is 2.84. The molecule has 2 heterocycles. The fourth-order valence-electron chi connectivity index (χ4n) is 3.34. The van der Waals surface area contributed by atoms with Crippen LogP contribution in [0.1, 0.15) is 17.5 Å². The molecule has 5 heteroatoms. The van der Waals surface area contributed by atoms with Gasteiger partial charge < -0.3 is 4.90 Å². The molecule has 0 bridgehead atoms. The van der Waals surface area contributed by atoms with Gasteiger partial charge in [0.1, 0.15) is 0 Å². The number of nitrogens with zero attached hydrogens (tertiary/aromatic N) is 3. The molecule has 0 radical (unpaired) electrons. The fourth-order valence-corrected chi connectivity index (χ4v) is 3.34. The highest BCUT2D eigenvalue weighted by atomic mass is 16.2. The van der Waals surface area contributed by atoms with E-state index in [1.54, 1.807) is 0 Å². The highest BCUT2D eigenvalue weighted by Crippen LogP contribution is 2.29. The molecule has 1 aromatic rings. The van der Waals surface area contributed by atoms with Gasteiger partial charge in [0.2, 0.25) is 5.91 Å². The molecule has 5 nitrogen and oxygen atoms in total. The third-order valence-electron chi connectivity index (χ3n) is 4.69. The van der Waals surface area contributed by atoms with Crippen molar-refractivity contribution in [2.75, 3.05) is 38.1 Å². The van der Waals surface area contributed by atoms with E-state index in [1.165, 1.54) is 4.90 Å². The predicted octanol–water partition coefficient (Wildman–Crippen LogP) is 1.18. The van der Waals surface area contributed by atoms with Crippen molar-refractivity contribution in [3.05, 3.63) is 29.3 Å². The molecule has 0 aliphatic carbocycles. The maximum atomic E-state index is 12.8. The summed E-state index contributed by atoms with van der Waals surface area (Å²) >= 11 is 0. The number of likely N-dealkylation sites (N-methyl/N-ethyl adjacent to an activating group) is 1. The highest BCUT2D eigenvalue weighted by Gasteiger charge is 2.43. The van der Waals surface area contributed by atoms with Crippen molar-refractivity contribution in [2.45, 2.75) is 26.3 Å². The van der Waals surface area contributed by atoms with Crippen LogP contribution < -0.4 is 4.90 Å². The predicted molar refractivity (Wildman–Crippen MR) is 85.9 cm³/mol. The molecular formula is C17H23N3O2. The number of hydrogen-bond acceptors (Lipinski definition) is 4. The number of carbonyl (C=O) groups is 2. The molecule has 0 saturated carbocycles. The zero-order chi connectivity index (χ0) is 15.9. The van der Waals surface area contributed by atoms with E-state index in [0.717, 1.165) is 43.0 Å². The minimum absolute atomic E-state index is 0.0680. The summed E-state index contributed by atoms with van der Waals surface area (Å²) < 4.78 is 0. The normalized spacial score (nSPS) is 24.3. The summed E-state index contributed by atoms with van der Waals surface area (Å²) in [6.45, 7) is 7.55. The van der Waals surface area contributed by atoms with Crippen LogP contribution in [0.2, 0.25) is 0 Å². The van der Waals surface area contributed by atoms with Crippen LogP contribution >= 0.6 is 0 Å². The Morgan fingerprint density at radius 3 is 2.36 bits per heavy atom. The number of amides is 2. The first kappa shape index (κ1) is 15.2. The number of rotatable bonds is 2. The van der Waals surface area contributed by atoms with Crippen molar-refractivity contribution >= 4 is 17.5 Å². The van der Waals surface area contributed by atoms with Crippen LogP contribution in [0.15, 0.2) is 18.2 Å². The maximum absolute atomic E-state index is 12.8. The van der Waals surface area contributed by atoms with Gasteiger partial charge in [0.05, 0.1) is 18.2 Å². The van der Waals surface area contributed by atoms with E-state index in [-0.39, 0.29) is 17.9 Å². The largest absolute Gasteiger partial charge is 0.304 e. The summed E-state index contributed by atoms with van der Waals surface area (Å²) in [6.07, 6.45) is 0.301. The van der Waals surface area contributed by atoms with E-state index in [2.05, 4.69) is 16.8 Å². The fraction of sp³-hybridized carbons (Fsp3) is 0.529. The van der Waals surface area contributed by atoms with Crippen molar-refractivity contribution in [2.24, 2.45) is 0 Å². The van der Waals surface area contributed by atoms with E-state index in [1.807, 2.05) is 32.0 Å². The van der Waals surface area contributed by atoms with E-state index in [9.17, 15) is 9.59 Å². The molecule has 1 aromatic carbocycles. The van der Waals surface area contributed by atoms with Crippen LogP contribution in [-0.4, -0.2) is 60.9 Å². The molecule has 118 valence electrons. The second-order valence-corrected chi connectivity index (χ2v) is 6.42. The number of hydrogen-bond donors (Lipinski definition) is 0. The summed E-state index contributed by atoms with van der Waals surface area (Å²) in [4.78, 5) is 31.0. The van der Waals surface area contributed by atoms with Gasteiger partial charge in [0.15, 0.2) is 0 Å². The molecule has 1 unspecified atom stereocenters. The van der Waals surface area contributed by atoms with Gasteiger partial charge in [-0.25, -0.2) is 4.90 Å². The monoisotopic (exact) mass is 301 g/mol. The highest BCUT2D eigenvalue weighted by molar-refractivity contribution is 6.22. The van der Waals surface area contributed by atoms with Gasteiger partial charge in [-0.1, -0.05) is 17.7 Å². The molecule has 0 spiro atoms. The number of piperazine rings is 1. The van der Waals surface area contributed by atoms with Gasteiger partial charge in [-0.05, 0) is 32.5 Å². The smallest absolute Gasteiger partial charge is 0.251 e. The number of imide groups is 1. The van der Waals surface area contributed by atoms with Gasteiger partial charge in [-0.2, -0.15) is 0 Å². The van der Waals surface area contributed by atoms with Crippen LogP contribution in [0.5, 0.6) is 0 Å². The second-order valence-electron chi connectivity index (χ2n) is 6.42. The standard InChI is InChI=1S/C17H23N3O2/c1-12-4-5-14(13(2)10-12)20-16(21)11-15(17(20)22)19-8-6-18(3)7-9-19/h4-5,10,15H,6-9,11H2,1-3H3. The number of benzene rings is 1. The van der Waals surface area contributed by atoms with Crippen LogP contribution in [0, 0.1) is 13.8 Å². The molecule has 0 aromatic heterocycles.